The lowest BCUT2D eigenvalue weighted by Gasteiger charge is -2.25. The van der Waals surface area contributed by atoms with Crippen LogP contribution >= 0.6 is 0 Å². The molecule has 0 spiro atoms. The van der Waals surface area contributed by atoms with Crippen LogP contribution in [0.1, 0.15) is 38.8 Å². The van der Waals surface area contributed by atoms with Gasteiger partial charge in [-0.3, -0.25) is 9.59 Å². The average Bonchev–Trinajstić information content (AvgIpc) is 2.46. The molecule has 0 saturated heterocycles. The number of amides is 2. The van der Waals surface area contributed by atoms with Crippen molar-refractivity contribution in [2.24, 2.45) is 5.41 Å². The molecule has 22 heavy (non-hydrogen) atoms. The Morgan fingerprint density at radius 1 is 1.27 bits per heavy atom. The van der Waals surface area contributed by atoms with Crippen molar-refractivity contribution >= 4 is 11.8 Å². The molecule has 5 nitrogen and oxygen atoms in total. The fraction of sp³-hybridized carbons (Fsp3) is 0.471. The Bertz CT molecular complexity index is 579. The van der Waals surface area contributed by atoms with E-state index in [1.165, 1.54) is 0 Å². The van der Waals surface area contributed by atoms with Crippen molar-refractivity contribution in [2.45, 2.75) is 40.3 Å². The van der Waals surface area contributed by atoms with Gasteiger partial charge in [0, 0.05) is 19.0 Å². The average molecular weight is 301 g/mol. The molecule has 0 radical (unpaired) electrons. The fourth-order valence-corrected chi connectivity index (χ4v) is 1.84. The minimum atomic E-state index is -0.574. The predicted molar refractivity (Wildman–Crippen MR) is 84.7 cm³/mol. The number of carbonyl (C=O) groups is 2. The van der Waals surface area contributed by atoms with Gasteiger partial charge in [-0.2, -0.15) is 5.26 Å². The lowest BCUT2D eigenvalue weighted by Crippen LogP contribution is -2.48. The van der Waals surface area contributed by atoms with Gasteiger partial charge in [0.05, 0.1) is 11.6 Å². The van der Waals surface area contributed by atoms with Crippen LogP contribution in [0.2, 0.25) is 0 Å². The molecule has 0 aliphatic heterocycles. The van der Waals surface area contributed by atoms with Gasteiger partial charge in [0.1, 0.15) is 6.04 Å². The molecule has 0 heterocycles. The summed E-state index contributed by atoms with van der Waals surface area (Å²) in [6.07, 6.45) is 0. The second-order valence-corrected chi connectivity index (χ2v) is 6.45. The van der Waals surface area contributed by atoms with Gasteiger partial charge in [-0.1, -0.05) is 32.9 Å². The molecule has 1 aromatic rings. The SMILES string of the molecule is CC(NC(=O)C(C)(C)C)C(=O)N(C)Cc1ccc(C#N)cc1. The van der Waals surface area contributed by atoms with E-state index < -0.39 is 11.5 Å². The van der Waals surface area contributed by atoms with Crippen LogP contribution in [-0.2, 0) is 16.1 Å². The minimum Gasteiger partial charge on any atom is -0.344 e. The monoisotopic (exact) mass is 301 g/mol. The van der Waals surface area contributed by atoms with Crippen molar-refractivity contribution in [3.63, 3.8) is 0 Å². The summed E-state index contributed by atoms with van der Waals surface area (Å²) >= 11 is 0. The van der Waals surface area contributed by atoms with Gasteiger partial charge >= 0.3 is 0 Å². The molecule has 2 amide bonds. The first-order valence-corrected chi connectivity index (χ1v) is 7.20. The van der Waals surface area contributed by atoms with Crippen LogP contribution in [0.4, 0.5) is 0 Å². The predicted octanol–water partition coefficient (Wildman–Crippen LogP) is 2.07. The van der Waals surface area contributed by atoms with E-state index in [2.05, 4.69) is 11.4 Å². The number of likely N-dealkylation sites (N-methyl/N-ethyl adjacent to an activating group) is 1. The highest BCUT2D eigenvalue weighted by molar-refractivity contribution is 5.89. The zero-order chi connectivity index (χ0) is 16.9. The number of rotatable bonds is 4. The Labute approximate surface area is 131 Å². The molecular formula is C17H23N3O2. The second kappa shape index (κ2) is 7.08. The first-order valence-electron chi connectivity index (χ1n) is 7.20. The van der Waals surface area contributed by atoms with Gasteiger partial charge in [0.2, 0.25) is 11.8 Å². The van der Waals surface area contributed by atoms with Crippen molar-refractivity contribution < 1.29 is 9.59 Å². The highest BCUT2D eigenvalue weighted by Gasteiger charge is 2.26. The maximum atomic E-state index is 12.3. The van der Waals surface area contributed by atoms with E-state index in [1.807, 2.05) is 12.1 Å². The second-order valence-electron chi connectivity index (χ2n) is 6.45. The molecule has 0 bridgehead atoms. The third-order valence-corrected chi connectivity index (χ3v) is 3.28. The van der Waals surface area contributed by atoms with Crippen LogP contribution in [-0.4, -0.2) is 29.8 Å². The summed E-state index contributed by atoms with van der Waals surface area (Å²) in [5.41, 5.74) is 0.994. The molecule has 1 unspecified atom stereocenters. The fourth-order valence-electron chi connectivity index (χ4n) is 1.84. The highest BCUT2D eigenvalue weighted by Crippen LogP contribution is 2.13. The first kappa shape index (κ1) is 17.7. The third kappa shape index (κ3) is 4.88. The molecule has 1 aromatic carbocycles. The van der Waals surface area contributed by atoms with Gasteiger partial charge in [0.25, 0.3) is 0 Å². The van der Waals surface area contributed by atoms with Gasteiger partial charge < -0.3 is 10.2 Å². The number of hydrogen-bond donors (Lipinski definition) is 1. The van der Waals surface area contributed by atoms with Gasteiger partial charge in [-0.05, 0) is 24.6 Å². The number of nitrogens with zero attached hydrogens (tertiary/aromatic N) is 2. The zero-order valence-corrected chi connectivity index (χ0v) is 13.8. The van der Waals surface area contributed by atoms with Gasteiger partial charge in [-0.25, -0.2) is 0 Å². The van der Waals surface area contributed by atoms with Gasteiger partial charge in [0.15, 0.2) is 0 Å². The smallest absolute Gasteiger partial charge is 0.244 e. The molecule has 0 aliphatic carbocycles. The van der Waals surface area contributed by atoms with Crippen molar-refractivity contribution in [3.8, 4) is 6.07 Å². The lowest BCUT2D eigenvalue weighted by molar-refractivity contribution is -0.137. The van der Waals surface area contributed by atoms with Crippen LogP contribution < -0.4 is 5.32 Å². The van der Waals surface area contributed by atoms with Crippen molar-refractivity contribution in [1.29, 1.82) is 5.26 Å². The quantitative estimate of drug-likeness (QED) is 0.925. The molecule has 0 aromatic heterocycles. The summed E-state index contributed by atoms with van der Waals surface area (Å²) in [4.78, 5) is 25.8. The van der Waals surface area contributed by atoms with Gasteiger partial charge in [-0.15, -0.1) is 0 Å². The van der Waals surface area contributed by atoms with E-state index in [1.54, 1.807) is 51.8 Å². The van der Waals surface area contributed by atoms with E-state index in [0.29, 0.717) is 12.1 Å². The standard InChI is InChI=1S/C17H23N3O2/c1-12(19-16(22)17(2,3)4)15(21)20(5)11-14-8-6-13(10-18)7-9-14/h6-9,12H,11H2,1-5H3,(H,19,22). The number of nitrogens with one attached hydrogen (secondary N) is 1. The van der Waals surface area contributed by atoms with E-state index >= 15 is 0 Å². The third-order valence-electron chi connectivity index (χ3n) is 3.28. The maximum Gasteiger partial charge on any atom is 0.244 e. The lowest BCUT2D eigenvalue weighted by atomic mass is 9.95. The van der Waals surface area contributed by atoms with E-state index in [0.717, 1.165) is 5.56 Å². The molecule has 1 rings (SSSR count). The molecule has 1 N–H and O–H groups in total. The Balaban J connectivity index is 2.64. The van der Waals surface area contributed by atoms with Crippen molar-refractivity contribution in [1.82, 2.24) is 10.2 Å². The van der Waals surface area contributed by atoms with E-state index in [-0.39, 0.29) is 11.8 Å². The number of hydrogen-bond acceptors (Lipinski definition) is 3. The summed E-state index contributed by atoms with van der Waals surface area (Å²) in [5, 5.41) is 11.5. The summed E-state index contributed by atoms with van der Waals surface area (Å²) in [6.45, 7) is 7.53. The Hall–Kier alpha value is -2.35. The zero-order valence-electron chi connectivity index (χ0n) is 13.8. The van der Waals surface area contributed by atoms with E-state index in [9.17, 15) is 9.59 Å². The molecule has 118 valence electrons. The van der Waals surface area contributed by atoms with Crippen LogP contribution in [0.15, 0.2) is 24.3 Å². The van der Waals surface area contributed by atoms with Crippen LogP contribution in [0, 0.1) is 16.7 Å². The largest absolute Gasteiger partial charge is 0.344 e. The molecule has 1 atom stereocenters. The Morgan fingerprint density at radius 3 is 2.27 bits per heavy atom. The summed E-state index contributed by atoms with van der Waals surface area (Å²) in [7, 11) is 1.69. The molecule has 0 fully saturated rings. The molecule has 0 saturated carbocycles. The topological polar surface area (TPSA) is 73.2 Å². The Morgan fingerprint density at radius 2 is 1.82 bits per heavy atom. The molecule has 0 aliphatic rings. The summed E-state index contributed by atoms with van der Waals surface area (Å²) < 4.78 is 0. The van der Waals surface area contributed by atoms with Crippen LogP contribution in [0.3, 0.4) is 0 Å². The minimum absolute atomic E-state index is 0.151. The van der Waals surface area contributed by atoms with E-state index in [4.69, 9.17) is 5.26 Å². The molecular weight excluding hydrogens is 278 g/mol. The van der Waals surface area contributed by atoms with Crippen LogP contribution in [0.25, 0.3) is 0 Å². The first-order chi connectivity index (χ1) is 10.1. The summed E-state index contributed by atoms with van der Waals surface area (Å²) in [6, 6.07) is 8.56. The summed E-state index contributed by atoms with van der Waals surface area (Å²) in [5.74, 6) is -0.304. The highest BCUT2D eigenvalue weighted by atomic mass is 16.2. The van der Waals surface area contributed by atoms with Crippen LogP contribution in [0.5, 0.6) is 0 Å². The number of nitriles is 1. The van der Waals surface area contributed by atoms with Crippen molar-refractivity contribution in [2.75, 3.05) is 7.05 Å². The number of benzene rings is 1. The number of carbonyl (C=O) groups excluding carboxylic acids is 2. The maximum absolute atomic E-state index is 12.3. The normalized spacial score (nSPS) is 12.2. The Kier molecular flexibility index (Phi) is 5.69. The molecule has 5 heteroatoms. The van der Waals surface area contributed by atoms with Crippen molar-refractivity contribution in [3.05, 3.63) is 35.4 Å².